The van der Waals surface area contributed by atoms with E-state index in [9.17, 15) is 0 Å². The molecule has 18 heteroatoms. The van der Waals surface area contributed by atoms with Gasteiger partial charge in [0.25, 0.3) is 10.2 Å². The van der Waals surface area contributed by atoms with Crippen LogP contribution in [-0.2, 0) is 9.13 Å². The minimum Gasteiger partial charge on any atom is -0.328 e. The molecule has 0 bridgehead atoms. The first-order valence-electron chi connectivity index (χ1n) is 2.70. The molecule has 112 valence electrons. The predicted octanol–water partition coefficient (Wildman–Crippen LogP) is -2.55. The van der Waals surface area contributed by atoms with E-state index in [2.05, 4.69) is 0 Å². The molecule has 0 fully saturated rings. The summed E-state index contributed by atoms with van der Waals surface area (Å²) in [5, 5.41) is 27.3. The third-order valence-electron chi connectivity index (χ3n) is 0. The van der Waals surface area contributed by atoms with Gasteiger partial charge in [-0.2, -0.15) is 0 Å². The van der Waals surface area contributed by atoms with Crippen LogP contribution >= 0.6 is 15.6 Å². The maximum atomic E-state index is 8.88. The first kappa shape index (κ1) is 25.5. The van der Waals surface area contributed by atoms with Gasteiger partial charge in [0.05, 0.1) is 0 Å². The quantitative estimate of drug-likeness (QED) is 0.129. The van der Waals surface area contributed by atoms with Crippen LogP contribution in [0.2, 0.25) is 0 Å². The summed E-state index contributed by atoms with van der Waals surface area (Å²) in [6.45, 7) is 0. The zero-order chi connectivity index (χ0) is 16.2. The Balaban J connectivity index is -0.0000000731. The van der Waals surface area contributed by atoms with Crippen molar-refractivity contribution in [3.63, 3.8) is 0 Å². The van der Waals surface area contributed by atoms with Crippen molar-refractivity contribution in [2.75, 3.05) is 0 Å². The Morgan fingerprint density at radius 2 is 0.667 bits per heavy atom. The molecule has 0 rings (SSSR count). The molecule has 0 unspecified atom stereocenters. The van der Waals surface area contributed by atoms with Crippen LogP contribution < -0.4 is 0 Å². The minimum atomic E-state index is -4.64. The third kappa shape index (κ3) is 1420. The Hall–Kier alpha value is -1.38. The Labute approximate surface area is 96.1 Å². The van der Waals surface area contributed by atoms with Crippen molar-refractivity contribution >= 4 is 15.6 Å². The summed E-state index contributed by atoms with van der Waals surface area (Å²) in [6.07, 6.45) is 0. The Morgan fingerprint density at radius 3 is 0.667 bits per heavy atom. The van der Waals surface area contributed by atoms with Crippen molar-refractivity contribution in [1.82, 2.24) is 0 Å². The highest BCUT2D eigenvalue weighted by molar-refractivity contribution is 7.45. The van der Waals surface area contributed by atoms with E-state index in [1.807, 2.05) is 0 Å². The average Bonchev–Trinajstić information content (AvgIpc) is 1.70. The van der Waals surface area contributed by atoms with Crippen LogP contribution in [0.4, 0.5) is 0 Å². The Morgan fingerprint density at radius 1 is 0.667 bits per heavy atom. The number of phosphoric acid groups is 2. The van der Waals surface area contributed by atoms with Crippen molar-refractivity contribution in [3.8, 4) is 0 Å². The number of hydrogen-bond donors (Lipinski definition) is 8. The fraction of sp³-hybridized carbons (Fsp3) is 0. The van der Waals surface area contributed by atoms with Crippen molar-refractivity contribution in [2.24, 2.45) is 0 Å². The summed E-state index contributed by atoms with van der Waals surface area (Å²) in [5.41, 5.74) is 0. The van der Waals surface area contributed by atoms with Crippen molar-refractivity contribution < 1.29 is 59.1 Å². The second-order valence-electron chi connectivity index (χ2n) is 1.50. The molecule has 0 saturated carbocycles. The van der Waals surface area contributed by atoms with Gasteiger partial charge in [0.2, 0.25) is 0 Å². The van der Waals surface area contributed by atoms with E-state index in [0.717, 1.165) is 0 Å². The van der Waals surface area contributed by atoms with E-state index in [1.54, 1.807) is 0 Å². The van der Waals surface area contributed by atoms with Crippen LogP contribution in [0, 0.1) is 20.2 Å². The van der Waals surface area contributed by atoms with E-state index >= 15 is 0 Å². The number of nitrogens with zero attached hydrogens (tertiary/aromatic N) is 2. The Kier molecular flexibility index (Phi) is 17.1. The molecular weight excluding hydrogens is 314 g/mol. The van der Waals surface area contributed by atoms with Gasteiger partial charge in [-0.1, -0.05) is 0 Å². The van der Waals surface area contributed by atoms with Crippen molar-refractivity contribution in [1.29, 1.82) is 0 Å². The van der Waals surface area contributed by atoms with Crippen LogP contribution in [0.1, 0.15) is 0 Å². The topological polar surface area (TPSA) is 282 Å². The van der Waals surface area contributed by atoms with Crippen molar-refractivity contribution in [2.45, 2.75) is 0 Å². The van der Waals surface area contributed by atoms with Gasteiger partial charge in [0, 0.05) is 0 Å². The number of rotatable bonds is 0. The maximum absolute atomic E-state index is 8.88. The monoisotopic (exact) mass is 322 g/mol. The SMILES string of the molecule is O=P(O)(O)O.O=P(O)(O)O.O=[N+]([O-])O.O=[N+]([O-])O. The second kappa shape index (κ2) is 12.1. The van der Waals surface area contributed by atoms with Gasteiger partial charge in [-0.15, -0.1) is 20.2 Å². The molecule has 0 aromatic carbocycles. The Bertz CT molecular complexity index is 249. The predicted molar refractivity (Wildman–Crippen MR) is 46.1 cm³/mol. The largest absolute Gasteiger partial charge is 0.466 e. The van der Waals surface area contributed by atoms with E-state index in [1.165, 1.54) is 0 Å². The van der Waals surface area contributed by atoms with E-state index < -0.39 is 25.8 Å². The number of hydrogen-bond acceptors (Lipinski definition) is 6. The van der Waals surface area contributed by atoms with Gasteiger partial charge < -0.3 is 39.8 Å². The molecule has 0 spiro atoms. The molecule has 0 heterocycles. The highest BCUT2D eigenvalue weighted by Crippen LogP contribution is 2.26. The smallest absolute Gasteiger partial charge is 0.328 e. The lowest BCUT2D eigenvalue weighted by atomic mass is 13.1. The zero-order valence-electron chi connectivity index (χ0n) is 7.82. The third-order valence-corrected chi connectivity index (χ3v) is 0. The van der Waals surface area contributed by atoms with Crippen LogP contribution in [-0.4, -0.2) is 49.9 Å². The van der Waals surface area contributed by atoms with Crippen LogP contribution in [0.3, 0.4) is 0 Å². The summed E-state index contributed by atoms with van der Waals surface area (Å²) in [7, 11) is -9.28. The van der Waals surface area contributed by atoms with Crippen LogP contribution in [0.15, 0.2) is 0 Å². The van der Waals surface area contributed by atoms with Crippen molar-refractivity contribution in [3.05, 3.63) is 20.2 Å². The molecule has 0 atom stereocenters. The molecule has 8 N–H and O–H groups in total. The molecule has 16 nitrogen and oxygen atoms in total. The lowest BCUT2D eigenvalue weighted by molar-refractivity contribution is -0.742. The summed E-state index contributed by atoms with van der Waals surface area (Å²) < 4.78 is 17.8. The first-order chi connectivity index (χ1) is 7.46. The summed E-state index contributed by atoms with van der Waals surface area (Å²) >= 11 is 0. The summed E-state index contributed by atoms with van der Waals surface area (Å²) in [5.74, 6) is 0. The fourth-order valence-electron chi connectivity index (χ4n) is 0. The minimum absolute atomic E-state index is 1.50. The van der Waals surface area contributed by atoms with E-state index in [4.69, 9.17) is 69.1 Å². The molecular formula is H8N2O14P2. The van der Waals surface area contributed by atoms with Gasteiger partial charge in [-0.05, 0) is 0 Å². The van der Waals surface area contributed by atoms with E-state index in [0.29, 0.717) is 0 Å². The molecule has 0 aliphatic heterocycles. The van der Waals surface area contributed by atoms with Gasteiger partial charge >= 0.3 is 15.6 Å². The molecule has 0 aliphatic rings. The lowest BCUT2D eigenvalue weighted by Gasteiger charge is -1.82. The molecule has 18 heavy (non-hydrogen) atoms. The molecule has 0 aromatic rings. The summed E-state index contributed by atoms with van der Waals surface area (Å²) in [6, 6.07) is 0. The fourth-order valence-corrected chi connectivity index (χ4v) is 0. The van der Waals surface area contributed by atoms with Gasteiger partial charge in [0.15, 0.2) is 0 Å². The molecule has 0 aromatic heterocycles. The molecule has 0 aliphatic carbocycles. The van der Waals surface area contributed by atoms with Gasteiger partial charge in [0.1, 0.15) is 0 Å². The van der Waals surface area contributed by atoms with Gasteiger partial charge in [-0.3, -0.25) is 0 Å². The molecule has 0 saturated heterocycles. The summed E-state index contributed by atoms with van der Waals surface area (Å²) in [4.78, 5) is 59.8. The van der Waals surface area contributed by atoms with Crippen LogP contribution in [0.5, 0.6) is 0 Å². The van der Waals surface area contributed by atoms with E-state index in [-0.39, 0.29) is 0 Å². The zero-order valence-corrected chi connectivity index (χ0v) is 9.60. The highest BCUT2D eigenvalue weighted by Gasteiger charge is 2.00. The van der Waals surface area contributed by atoms with Gasteiger partial charge in [-0.25, -0.2) is 9.13 Å². The standard InChI is InChI=1S/2HNO3.2H3O4P/c2*2-1(3)4;2*1-5(2,3)4/h2*(H,2,3,4);2*(H3,1,2,3,4). The molecule has 0 amide bonds. The normalized spacial score (nSPS) is 9.22. The van der Waals surface area contributed by atoms with Crippen LogP contribution in [0.25, 0.3) is 0 Å². The second-order valence-corrected chi connectivity index (χ2v) is 3.56. The molecule has 0 radical (unpaired) electrons. The highest BCUT2D eigenvalue weighted by atomic mass is 31.2. The average molecular weight is 322 g/mol. The maximum Gasteiger partial charge on any atom is 0.466 e. The first-order valence-corrected chi connectivity index (χ1v) is 5.83. The lowest BCUT2D eigenvalue weighted by Crippen LogP contribution is -1.81.